The summed E-state index contributed by atoms with van der Waals surface area (Å²) in [4.78, 5) is 13.0. The molecule has 1 heterocycles. The Morgan fingerprint density at radius 1 is 1.19 bits per heavy atom. The molecule has 1 aromatic rings. The maximum atomic E-state index is 13.0. The van der Waals surface area contributed by atoms with Gasteiger partial charge in [-0.15, -0.1) is 0 Å². The van der Waals surface area contributed by atoms with Gasteiger partial charge in [-0.3, -0.25) is 4.79 Å². The van der Waals surface area contributed by atoms with Crippen LogP contribution in [-0.4, -0.2) is 30.8 Å². The van der Waals surface area contributed by atoms with E-state index in [1.165, 1.54) is 24.8 Å². The molecule has 1 saturated heterocycles. The molecule has 3 unspecified atom stereocenters. The van der Waals surface area contributed by atoms with Crippen molar-refractivity contribution in [1.82, 2.24) is 5.32 Å². The van der Waals surface area contributed by atoms with Gasteiger partial charge in [0.25, 0.3) is 0 Å². The first-order valence-electron chi connectivity index (χ1n) is 12.9. The van der Waals surface area contributed by atoms with E-state index >= 15 is 0 Å². The van der Waals surface area contributed by atoms with Crippen molar-refractivity contribution in [3.8, 4) is 0 Å². The van der Waals surface area contributed by atoms with Gasteiger partial charge < -0.3 is 14.6 Å². The second-order valence-electron chi connectivity index (χ2n) is 11.4. The van der Waals surface area contributed by atoms with Gasteiger partial charge >= 0.3 is 7.12 Å². The highest BCUT2D eigenvalue weighted by Gasteiger charge is 2.67. The molecule has 1 N–H and O–H groups in total. The monoisotopic (exact) mass is 439 g/mol. The minimum absolute atomic E-state index is 0.00953. The van der Waals surface area contributed by atoms with Gasteiger partial charge in [0.1, 0.15) is 0 Å². The van der Waals surface area contributed by atoms with E-state index in [-0.39, 0.29) is 36.7 Å². The van der Waals surface area contributed by atoms with Crippen LogP contribution in [0.2, 0.25) is 6.32 Å². The molecule has 6 atom stereocenters. The van der Waals surface area contributed by atoms with Crippen molar-refractivity contribution in [2.75, 3.05) is 0 Å². The normalized spacial score (nSPS) is 32.0. The van der Waals surface area contributed by atoms with Crippen molar-refractivity contribution < 1.29 is 14.1 Å². The quantitative estimate of drug-likeness (QED) is 0.378. The Morgan fingerprint density at radius 3 is 2.62 bits per heavy atom. The van der Waals surface area contributed by atoms with Crippen LogP contribution in [0.25, 0.3) is 0 Å². The molecule has 5 rings (SSSR count). The molecule has 1 aromatic carbocycles. The average Bonchev–Trinajstić information content (AvgIpc) is 3.09. The molecule has 1 amide bonds. The molecule has 1 aliphatic heterocycles. The van der Waals surface area contributed by atoms with Gasteiger partial charge in [-0.25, -0.2) is 0 Å². The van der Waals surface area contributed by atoms with Crippen LogP contribution in [0.5, 0.6) is 0 Å². The predicted molar refractivity (Wildman–Crippen MR) is 130 cm³/mol. The van der Waals surface area contributed by atoms with E-state index in [1.54, 1.807) is 0 Å². The van der Waals surface area contributed by atoms with E-state index in [2.05, 4.69) is 64.2 Å². The summed E-state index contributed by atoms with van der Waals surface area (Å²) in [5, 5.41) is 3.35. The molecule has 5 heteroatoms. The van der Waals surface area contributed by atoms with E-state index in [4.69, 9.17) is 9.31 Å². The van der Waals surface area contributed by atoms with Crippen LogP contribution < -0.4 is 5.32 Å². The van der Waals surface area contributed by atoms with Gasteiger partial charge in [-0.2, -0.15) is 0 Å². The zero-order chi connectivity index (χ0) is 22.9. The lowest BCUT2D eigenvalue weighted by Crippen LogP contribution is -2.65. The van der Waals surface area contributed by atoms with E-state index in [1.807, 2.05) is 6.07 Å². The average molecular weight is 439 g/mol. The molecule has 176 valence electrons. The summed E-state index contributed by atoms with van der Waals surface area (Å²) in [5.41, 5.74) is 1.38. The summed E-state index contributed by atoms with van der Waals surface area (Å²) >= 11 is 0. The van der Waals surface area contributed by atoms with Gasteiger partial charge in [0.15, 0.2) is 0 Å². The summed E-state index contributed by atoms with van der Waals surface area (Å²) < 4.78 is 13.1. The lowest BCUT2D eigenvalue weighted by Gasteiger charge is -2.64. The number of benzene rings is 1. The number of hydrogen-bond acceptors (Lipinski definition) is 3. The second kappa shape index (κ2) is 9.50. The zero-order valence-electron chi connectivity index (χ0n) is 20.7. The molecule has 4 fully saturated rings. The first-order chi connectivity index (χ1) is 15.2. The molecular formula is C27H42BNO3. The fraction of sp³-hybridized carbons (Fsp3) is 0.741. The Morgan fingerprint density at radius 2 is 1.94 bits per heavy atom. The molecule has 3 aliphatic carbocycles. The third-order valence-electron chi connectivity index (χ3n) is 8.84. The van der Waals surface area contributed by atoms with Crippen molar-refractivity contribution in [3.63, 3.8) is 0 Å². The number of carbonyl (C=O) groups excluding carboxylic acids is 1. The molecule has 3 saturated carbocycles. The number of unbranched alkanes of at least 4 members (excludes halogenated alkanes) is 2. The summed E-state index contributed by atoms with van der Waals surface area (Å²) in [6.45, 7) is 11.3. The van der Waals surface area contributed by atoms with Crippen LogP contribution >= 0.6 is 0 Å². The highest BCUT2D eigenvalue weighted by molar-refractivity contribution is 6.45. The molecule has 32 heavy (non-hydrogen) atoms. The number of hydrogen-bond donors (Lipinski definition) is 1. The third-order valence-corrected chi connectivity index (χ3v) is 8.84. The minimum Gasteiger partial charge on any atom is -0.405 e. The summed E-state index contributed by atoms with van der Waals surface area (Å²) in [5.74, 6) is 1.51. The SMILES string of the molecule is CCCCC[C@H](C)C(=O)N[C@@H](CB1OC2CC3CC(C3(C)C)[C@@]2(C)O1)Cc1ccccc1. The summed E-state index contributed by atoms with van der Waals surface area (Å²) in [6, 6.07) is 10.5. The predicted octanol–water partition coefficient (Wildman–Crippen LogP) is 5.66. The van der Waals surface area contributed by atoms with Crippen molar-refractivity contribution in [2.45, 2.75) is 104 Å². The van der Waals surface area contributed by atoms with E-state index in [0.29, 0.717) is 17.7 Å². The van der Waals surface area contributed by atoms with Gasteiger partial charge in [0.2, 0.25) is 5.91 Å². The van der Waals surface area contributed by atoms with Gasteiger partial charge in [-0.05, 0) is 55.4 Å². The fourth-order valence-corrected chi connectivity index (χ4v) is 6.55. The molecule has 0 aromatic heterocycles. The Labute approximate surface area is 195 Å². The number of carbonyl (C=O) groups is 1. The highest BCUT2D eigenvalue weighted by Crippen LogP contribution is 2.65. The van der Waals surface area contributed by atoms with Gasteiger partial charge in [-0.1, -0.05) is 77.3 Å². The molecule has 4 nitrogen and oxygen atoms in total. The molecular weight excluding hydrogens is 397 g/mol. The fourth-order valence-electron chi connectivity index (χ4n) is 6.55. The van der Waals surface area contributed by atoms with E-state index in [0.717, 1.165) is 31.6 Å². The van der Waals surface area contributed by atoms with Crippen LogP contribution in [-0.2, 0) is 20.5 Å². The van der Waals surface area contributed by atoms with Crippen molar-refractivity contribution in [3.05, 3.63) is 35.9 Å². The van der Waals surface area contributed by atoms with Crippen molar-refractivity contribution >= 4 is 13.0 Å². The lowest BCUT2D eigenvalue weighted by molar-refractivity contribution is -0.199. The van der Waals surface area contributed by atoms with Gasteiger partial charge in [0, 0.05) is 18.3 Å². The molecule has 0 spiro atoms. The van der Waals surface area contributed by atoms with Crippen LogP contribution in [0.1, 0.15) is 78.7 Å². The first kappa shape index (κ1) is 23.8. The van der Waals surface area contributed by atoms with E-state index in [9.17, 15) is 4.79 Å². The zero-order valence-corrected chi connectivity index (χ0v) is 20.7. The molecule has 2 bridgehead atoms. The molecule has 0 radical (unpaired) electrons. The number of nitrogens with one attached hydrogen (secondary N) is 1. The minimum atomic E-state index is -0.246. The van der Waals surface area contributed by atoms with Crippen molar-refractivity contribution in [2.24, 2.45) is 23.2 Å². The van der Waals surface area contributed by atoms with Gasteiger partial charge in [0.05, 0.1) is 11.7 Å². The van der Waals surface area contributed by atoms with Crippen LogP contribution in [0, 0.1) is 23.2 Å². The number of rotatable bonds is 10. The van der Waals surface area contributed by atoms with Crippen LogP contribution in [0.3, 0.4) is 0 Å². The smallest absolute Gasteiger partial charge is 0.405 e. The number of amides is 1. The standard InChI is InChI=1S/C27H42BNO3/c1-6-7-9-12-19(2)25(30)29-22(15-20-13-10-8-11-14-20)18-28-31-24-17-21-16-23(26(21,3)4)27(24,5)32-28/h8,10-11,13-14,19,21-24H,6-7,9,12,15-18H2,1-5H3,(H,29,30)/t19-,21?,22+,23?,24?,27+/m0/s1. The highest BCUT2D eigenvalue weighted by atomic mass is 16.7. The summed E-state index contributed by atoms with van der Waals surface area (Å²) in [6.07, 6.45) is 8.48. The largest absolute Gasteiger partial charge is 0.459 e. The topological polar surface area (TPSA) is 47.6 Å². The lowest BCUT2D eigenvalue weighted by atomic mass is 9.43. The summed E-state index contributed by atoms with van der Waals surface area (Å²) in [7, 11) is -0.246. The maximum absolute atomic E-state index is 13.0. The van der Waals surface area contributed by atoms with Crippen LogP contribution in [0.15, 0.2) is 30.3 Å². The van der Waals surface area contributed by atoms with Crippen LogP contribution in [0.4, 0.5) is 0 Å². The Kier molecular flexibility index (Phi) is 7.07. The Balaban J connectivity index is 1.41. The van der Waals surface area contributed by atoms with E-state index < -0.39 is 0 Å². The first-order valence-corrected chi connectivity index (χ1v) is 12.9. The Hall–Kier alpha value is -1.33. The third kappa shape index (κ3) is 4.66. The Bertz CT molecular complexity index is 784. The van der Waals surface area contributed by atoms with Crippen molar-refractivity contribution in [1.29, 1.82) is 0 Å². The maximum Gasteiger partial charge on any atom is 0.459 e. The molecule has 4 aliphatic rings. The second-order valence-corrected chi connectivity index (χ2v) is 11.4.